The maximum atomic E-state index is 13.5. The largest absolute Gasteiger partial charge is 0.399 e. The van der Waals surface area contributed by atoms with Crippen LogP contribution in [0.5, 0.6) is 0 Å². The van der Waals surface area contributed by atoms with Crippen molar-refractivity contribution in [1.29, 1.82) is 0 Å². The first-order valence-electron chi connectivity index (χ1n) is 6.63. The zero-order valence-electron chi connectivity index (χ0n) is 12.0. The second-order valence-corrected chi connectivity index (χ2v) is 4.87. The monoisotopic (exact) mass is 287 g/mol. The van der Waals surface area contributed by atoms with E-state index in [1.165, 1.54) is 17.0 Å². The number of nitrogens with one attached hydrogen (secondary N) is 1. The van der Waals surface area contributed by atoms with E-state index < -0.39 is 5.82 Å². The summed E-state index contributed by atoms with van der Waals surface area (Å²) in [5, 5.41) is 2.56. The first-order chi connectivity index (χ1) is 9.99. The van der Waals surface area contributed by atoms with Gasteiger partial charge in [0.05, 0.1) is 11.7 Å². The number of nitrogens with two attached hydrogens (primary N) is 1. The van der Waals surface area contributed by atoms with Crippen molar-refractivity contribution in [2.75, 3.05) is 18.1 Å². The first-order valence-corrected chi connectivity index (χ1v) is 6.63. The van der Waals surface area contributed by atoms with Gasteiger partial charge in [0, 0.05) is 12.7 Å². The van der Waals surface area contributed by atoms with Crippen LogP contribution < -0.4 is 11.1 Å². The molecule has 0 aliphatic carbocycles. The molecule has 0 spiro atoms. The van der Waals surface area contributed by atoms with Crippen LogP contribution >= 0.6 is 0 Å². The van der Waals surface area contributed by atoms with Crippen molar-refractivity contribution in [2.45, 2.75) is 13.0 Å². The highest BCUT2D eigenvalue weighted by atomic mass is 19.1. The Hall–Kier alpha value is -2.56. The topological polar surface area (TPSA) is 58.4 Å². The van der Waals surface area contributed by atoms with Crippen molar-refractivity contribution in [1.82, 2.24) is 4.90 Å². The number of carbonyl (C=O) groups excluding carboxylic acids is 1. The van der Waals surface area contributed by atoms with E-state index >= 15 is 0 Å². The lowest BCUT2D eigenvalue weighted by Gasteiger charge is -2.26. The average Bonchev–Trinajstić information content (AvgIpc) is 2.48. The molecular weight excluding hydrogens is 269 g/mol. The lowest BCUT2D eigenvalue weighted by atomic mass is 10.1. The van der Waals surface area contributed by atoms with Gasteiger partial charge in [-0.15, -0.1) is 0 Å². The summed E-state index contributed by atoms with van der Waals surface area (Å²) in [4.78, 5) is 13.7. The molecule has 21 heavy (non-hydrogen) atoms. The number of rotatable bonds is 3. The summed E-state index contributed by atoms with van der Waals surface area (Å²) in [6.45, 7) is 1.88. The highest BCUT2D eigenvalue weighted by Gasteiger charge is 2.18. The third-order valence-corrected chi connectivity index (χ3v) is 3.41. The summed E-state index contributed by atoms with van der Waals surface area (Å²) >= 11 is 0. The summed E-state index contributed by atoms with van der Waals surface area (Å²) in [5.74, 6) is -0.462. The van der Waals surface area contributed by atoms with Gasteiger partial charge in [-0.2, -0.15) is 0 Å². The fourth-order valence-electron chi connectivity index (χ4n) is 1.98. The molecule has 0 fully saturated rings. The molecule has 2 aromatic carbocycles. The highest BCUT2D eigenvalue weighted by molar-refractivity contribution is 5.89. The van der Waals surface area contributed by atoms with Gasteiger partial charge < -0.3 is 16.0 Å². The highest BCUT2D eigenvalue weighted by Crippen LogP contribution is 2.22. The molecule has 2 amide bonds. The van der Waals surface area contributed by atoms with Crippen LogP contribution in [0.3, 0.4) is 0 Å². The Morgan fingerprint density at radius 3 is 2.62 bits per heavy atom. The van der Waals surface area contributed by atoms with Crippen LogP contribution in [0.2, 0.25) is 0 Å². The predicted molar refractivity (Wildman–Crippen MR) is 82.5 cm³/mol. The van der Waals surface area contributed by atoms with E-state index in [1.807, 2.05) is 25.1 Å². The van der Waals surface area contributed by atoms with E-state index in [2.05, 4.69) is 5.32 Å². The molecule has 2 rings (SSSR count). The maximum Gasteiger partial charge on any atom is 0.322 e. The molecular formula is C16H18FN3O. The Balaban J connectivity index is 2.10. The number of halogens is 1. The first kappa shape index (κ1) is 14.8. The fourth-order valence-corrected chi connectivity index (χ4v) is 1.98. The maximum absolute atomic E-state index is 13.5. The number of hydrogen-bond donors (Lipinski definition) is 2. The van der Waals surface area contributed by atoms with Gasteiger partial charge in [0.1, 0.15) is 5.82 Å². The molecule has 0 saturated carbocycles. The normalized spacial score (nSPS) is 11.8. The molecule has 0 aliphatic rings. The number of nitrogen functional groups attached to an aromatic ring is 1. The van der Waals surface area contributed by atoms with E-state index in [-0.39, 0.29) is 17.8 Å². The quantitative estimate of drug-likeness (QED) is 0.847. The molecule has 5 heteroatoms. The van der Waals surface area contributed by atoms with Crippen LogP contribution in [-0.2, 0) is 0 Å². The van der Waals surface area contributed by atoms with Gasteiger partial charge in [-0.3, -0.25) is 0 Å². The van der Waals surface area contributed by atoms with Crippen LogP contribution in [0.25, 0.3) is 0 Å². The number of nitrogens with zero attached hydrogens (tertiary/aromatic N) is 1. The molecule has 0 radical (unpaired) electrons. The summed E-state index contributed by atoms with van der Waals surface area (Å²) in [6.07, 6.45) is 0. The molecule has 0 bridgehead atoms. The number of amides is 2. The molecule has 1 atom stereocenters. The van der Waals surface area contributed by atoms with E-state index in [0.717, 1.165) is 5.56 Å². The second-order valence-electron chi connectivity index (χ2n) is 4.87. The SMILES string of the molecule is CC(c1cccc(N)c1)N(C)C(=O)Nc1ccccc1F. The minimum absolute atomic E-state index is 0.161. The van der Waals surface area contributed by atoms with Crippen LogP contribution in [0, 0.1) is 5.82 Å². The third-order valence-electron chi connectivity index (χ3n) is 3.41. The summed E-state index contributed by atoms with van der Waals surface area (Å²) in [6, 6.07) is 12.8. The predicted octanol–water partition coefficient (Wildman–Crippen LogP) is 3.63. The summed E-state index contributed by atoms with van der Waals surface area (Å²) in [7, 11) is 1.66. The Bertz CT molecular complexity index is 645. The van der Waals surface area contributed by atoms with Crippen molar-refractivity contribution < 1.29 is 9.18 Å². The molecule has 2 aromatic rings. The molecule has 0 saturated heterocycles. The van der Waals surface area contributed by atoms with Gasteiger partial charge >= 0.3 is 6.03 Å². The number of carbonyl (C=O) groups is 1. The van der Waals surface area contributed by atoms with Gasteiger partial charge in [-0.25, -0.2) is 9.18 Å². The van der Waals surface area contributed by atoms with Crippen molar-refractivity contribution >= 4 is 17.4 Å². The van der Waals surface area contributed by atoms with Crippen molar-refractivity contribution in [3.05, 3.63) is 59.9 Å². The minimum atomic E-state index is -0.462. The number of para-hydroxylation sites is 1. The van der Waals surface area contributed by atoms with E-state index in [0.29, 0.717) is 5.69 Å². The van der Waals surface area contributed by atoms with Gasteiger partial charge in [0.15, 0.2) is 0 Å². The van der Waals surface area contributed by atoms with E-state index in [1.54, 1.807) is 25.2 Å². The smallest absolute Gasteiger partial charge is 0.322 e. The van der Waals surface area contributed by atoms with Crippen LogP contribution in [0.15, 0.2) is 48.5 Å². The van der Waals surface area contributed by atoms with E-state index in [4.69, 9.17) is 5.73 Å². The molecule has 0 aliphatic heterocycles. The molecule has 3 N–H and O–H groups in total. The van der Waals surface area contributed by atoms with E-state index in [9.17, 15) is 9.18 Å². The number of hydrogen-bond acceptors (Lipinski definition) is 2. The van der Waals surface area contributed by atoms with Crippen molar-refractivity contribution in [3.8, 4) is 0 Å². The molecule has 1 unspecified atom stereocenters. The van der Waals surface area contributed by atoms with Crippen LogP contribution in [-0.4, -0.2) is 18.0 Å². The molecule has 0 heterocycles. The third kappa shape index (κ3) is 3.51. The molecule has 0 aromatic heterocycles. The second kappa shape index (κ2) is 6.26. The standard InChI is InChI=1S/C16H18FN3O/c1-11(12-6-5-7-13(18)10-12)20(2)16(21)19-15-9-4-3-8-14(15)17/h3-11H,18H2,1-2H3,(H,19,21). The van der Waals surface area contributed by atoms with Crippen LogP contribution in [0.4, 0.5) is 20.6 Å². The lowest BCUT2D eigenvalue weighted by Crippen LogP contribution is -2.33. The Kier molecular flexibility index (Phi) is 4.42. The van der Waals surface area contributed by atoms with Crippen molar-refractivity contribution in [3.63, 3.8) is 0 Å². The zero-order valence-corrected chi connectivity index (χ0v) is 12.0. The molecule has 110 valence electrons. The number of anilines is 2. The Morgan fingerprint density at radius 2 is 1.95 bits per heavy atom. The Morgan fingerprint density at radius 1 is 1.24 bits per heavy atom. The zero-order chi connectivity index (χ0) is 15.4. The summed E-state index contributed by atoms with van der Waals surface area (Å²) < 4.78 is 13.5. The van der Waals surface area contributed by atoms with Crippen LogP contribution in [0.1, 0.15) is 18.5 Å². The molecule has 4 nitrogen and oxygen atoms in total. The summed E-state index contributed by atoms with van der Waals surface area (Å²) in [5.41, 5.74) is 7.47. The fraction of sp³-hybridized carbons (Fsp3) is 0.188. The Labute approximate surface area is 123 Å². The van der Waals surface area contributed by atoms with Gasteiger partial charge in [0.25, 0.3) is 0 Å². The number of benzene rings is 2. The van der Waals surface area contributed by atoms with Crippen molar-refractivity contribution in [2.24, 2.45) is 0 Å². The number of urea groups is 1. The average molecular weight is 287 g/mol. The lowest BCUT2D eigenvalue weighted by molar-refractivity contribution is 0.208. The van der Waals surface area contributed by atoms with Gasteiger partial charge in [-0.1, -0.05) is 24.3 Å². The van der Waals surface area contributed by atoms with Gasteiger partial charge in [0.2, 0.25) is 0 Å². The van der Waals surface area contributed by atoms with Gasteiger partial charge in [-0.05, 0) is 36.8 Å². The minimum Gasteiger partial charge on any atom is -0.399 e.